The molecule has 9 nitrogen and oxygen atoms in total. The highest BCUT2D eigenvalue weighted by atomic mass is 32.3. The number of hydrogen-bond acceptors (Lipinski definition) is 6. The molecule has 10 heteroatoms. The predicted octanol–water partition coefficient (Wildman–Crippen LogP) is 12.5. The zero-order valence-electron chi connectivity index (χ0n) is 38.2. The molecule has 0 aromatic rings. The summed E-state index contributed by atoms with van der Waals surface area (Å²) in [6.07, 6.45) is 44.5. The van der Waals surface area contributed by atoms with Crippen LogP contribution in [-0.4, -0.2) is 80.2 Å². The van der Waals surface area contributed by atoms with Crippen LogP contribution in [0, 0.1) is 0 Å². The van der Waals surface area contributed by atoms with Crippen molar-refractivity contribution in [2.45, 2.75) is 246 Å². The number of carbonyl (C=O) groups is 2. The maximum Gasteiger partial charge on any atom is 0.226 e. The van der Waals surface area contributed by atoms with Crippen LogP contribution in [0.15, 0.2) is 0 Å². The van der Waals surface area contributed by atoms with Gasteiger partial charge in [-0.2, -0.15) is 0 Å². The molecule has 1 aliphatic heterocycles. The van der Waals surface area contributed by atoms with E-state index in [1.165, 1.54) is 193 Å². The Morgan fingerprint density at radius 1 is 0.614 bits per heavy atom. The van der Waals surface area contributed by atoms with Crippen LogP contribution in [0.25, 0.3) is 0 Å². The van der Waals surface area contributed by atoms with E-state index in [0.717, 1.165) is 69.4 Å². The van der Waals surface area contributed by atoms with Crippen molar-refractivity contribution >= 4 is 22.2 Å². The van der Waals surface area contributed by atoms with E-state index in [4.69, 9.17) is 0 Å². The highest BCUT2D eigenvalue weighted by Crippen LogP contribution is 2.20. The second-order valence-electron chi connectivity index (χ2n) is 17.2. The van der Waals surface area contributed by atoms with Gasteiger partial charge in [-0.05, 0) is 52.4 Å². The lowest BCUT2D eigenvalue weighted by molar-refractivity contribution is -0.934. The van der Waals surface area contributed by atoms with E-state index in [-0.39, 0.29) is 12.5 Å². The van der Waals surface area contributed by atoms with Gasteiger partial charge >= 0.3 is 0 Å². The number of unbranched alkanes of at least 4 members (excludes halogenated alkanes) is 28. The third kappa shape index (κ3) is 37.5. The van der Waals surface area contributed by atoms with E-state index in [1.54, 1.807) is 0 Å². The molecule has 340 valence electrons. The van der Waals surface area contributed by atoms with E-state index < -0.39 is 10.4 Å². The molecule has 1 aliphatic rings. The van der Waals surface area contributed by atoms with Crippen LogP contribution in [0.5, 0.6) is 0 Å². The first kappa shape index (κ1) is 55.8. The number of carbonyl (C=O) groups excluding carboxylic acids is 2. The van der Waals surface area contributed by atoms with Crippen molar-refractivity contribution in [2.24, 2.45) is 0 Å². The highest BCUT2D eigenvalue weighted by Gasteiger charge is 2.32. The zero-order valence-corrected chi connectivity index (χ0v) is 39.1. The van der Waals surface area contributed by atoms with Crippen molar-refractivity contribution in [1.82, 2.24) is 10.2 Å². The lowest BCUT2D eigenvalue weighted by atomic mass is 10.0. The molecule has 1 rings (SSSR count). The predicted molar refractivity (Wildman–Crippen MR) is 240 cm³/mol. The number of rotatable bonds is 41. The van der Waals surface area contributed by atoms with Crippen molar-refractivity contribution in [2.75, 3.05) is 46.0 Å². The van der Waals surface area contributed by atoms with Gasteiger partial charge in [-0.3, -0.25) is 18.7 Å². The average molecular weight is 830 g/mol. The smallest absolute Gasteiger partial charge is 0.226 e. The maximum atomic E-state index is 12.5. The standard InChI is InChI=1S/C45H89N3O2.C2H6O4S/c1-4-7-9-11-13-15-17-18-19-20-21-22-23-24-25-26-28-30-32-37-44(49)46-39-33-35-42-48(6-3,43-47-40-36-38-45(47)50)41-34-31-29-27-16-14-12-10-8-5-2;1-2-6-7(3,4)5/h4-43H2,1-3H3;2H2,1H3,(H,3,4,5). The first-order valence-electron chi connectivity index (χ1n) is 24.6. The molecule has 0 spiro atoms. The second-order valence-corrected chi connectivity index (χ2v) is 18.2. The SMILES string of the molecule is CCCCCCCCCCCCCCCCCCCCCC(=O)NCCCC[N+](CC)(CCCCCCCCCCCC)CN1CCCC1=O.CCOS(=O)(=O)[O-]. The zero-order chi connectivity index (χ0) is 42.1. The van der Waals surface area contributed by atoms with Crippen LogP contribution in [0.4, 0.5) is 0 Å². The summed E-state index contributed by atoms with van der Waals surface area (Å²) in [6, 6.07) is 0. The quantitative estimate of drug-likeness (QED) is 0.0284. The number of amides is 2. The molecule has 0 aliphatic carbocycles. The first-order chi connectivity index (χ1) is 27.6. The number of likely N-dealkylation sites (tertiary alicyclic amines) is 1. The largest absolute Gasteiger partial charge is 0.726 e. The summed E-state index contributed by atoms with van der Waals surface area (Å²) in [4.78, 5) is 27.1. The lowest BCUT2D eigenvalue weighted by Gasteiger charge is -2.40. The highest BCUT2D eigenvalue weighted by molar-refractivity contribution is 7.80. The minimum atomic E-state index is -4.42. The van der Waals surface area contributed by atoms with Crippen molar-refractivity contribution in [1.29, 1.82) is 0 Å². The summed E-state index contributed by atoms with van der Waals surface area (Å²) in [6.45, 7) is 14.2. The molecule has 1 atom stereocenters. The number of nitrogens with one attached hydrogen (secondary N) is 1. The Hall–Kier alpha value is -1.23. The van der Waals surface area contributed by atoms with E-state index in [2.05, 4.69) is 35.2 Å². The van der Waals surface area contributed by atoms with Crippen LogP contribution >= 0.6 is 0 Å². The van der Waals surface area contributed by atoms with Crippen LogP contribution in [-0.2, 0) is 24.2 Å². The molecule has 1 heterocycles. The molecule has 1 unspecified atom stereocenters. The maximum absolute atomic E-state index is 12.5. The molecule has 0 saturated carbocycles. The Morgan fingerprint density at radius 2 is 1.00 bits per heavy atom. The van der Waals surface area contributed by atoms with Gasteiger partial charge in [-0.25, -0.2) is 8.42 Å². The summed E-state index contributed by atoms with van der Waals surface area (Å²) < 4.78 is 33.0. The molecular weight excluding hydrogens is 735 g/mol. The number of nitrogens with zero attached hydrogens (tertiary/aromatic N) is 2. The van der Waals surface area contributed by atoms with E-state index in [1.807, 2.05) is 0 Å². The molecule has 1 N–H and O–H groups in total. The Balaban J connectivity index is 0.00000407. The fraction of sp³-hybridized carbons (Fsp3) is 0.957. The number of quaternary nitrogens is 1. The monoisotopic (exact) mass is 830 g/mol. The van der Waals surface area contributed by atoms with Gasteiger partial charge in [0.25, 0.3) is 0 Å². The molecule has 1 saturated heterocycles. The lowest BCUT2D eigenvalue weighted by Crippen LogP contribution is -2.55. The van der Waals surface area contributed by atoms with Crippen molar-refractivity contribution in [3.8, 4) is 0 Å². The van der Waals surface area contributed by atoms with Crippen LogP contribution in [0.2, 0.25) is 0 Å². The van der Waals surface area contributed by atoms with Gasteiger partial charge in [0.15, 0.2) is 6.67 Å². The summed E-state index contributed by atoms with van der Waals surface area (Å²) in [5.74, 6) is 0.590. The van der Waals surface area contributed by atoms with Crippen molar-refractivity contribution in [3.05, 3.63) is 0 Å². The van der Waals surface area contributed by atoms with Gasteiger partial charge in [-0.1, -0.05) is 181 Å². The summed E-state index contributed by atoms with van der Waals surface area (Å²) in [5, 5.41) is 3.20. The van der Waals surface area contributed by atoms with Gasteiger partial charge in [0.05, 0.1) is 26.2 Å². The number of hydrogen-bond donors (Lipinski definition) is 1. The summed E-state index contributed by atoms with van der Waals surface area (Å²) in [7, 11) is -4.42. The second kappa shape index (κ2) is 40.2. The van der Waals surface area contributed by atoms with E-state index in [0.29, 0.717) is 12.3 Å². The van der Waals surface area contributed by atoms with Gasteiger partial charge < -0.3 is 14.4 Å². The van der Waals surface area contributed by atoms with E-state index >= 15 is 0 Å². The molecule has 57 heavy (non-hydrogen) atoms. The summed E-state index contributed by atoms with van der Waals surface area (Å²) in [5.41, 5.74) is 0. The molecule has 0 bridgehead atoms. The molecule has 0 aromatic heterocycles. The summed E-state index contributed by atoms with van der Waals surface area (Å²) >= 11 is 0. The first-order valence-corrected chi connectivity index (χ1v) is 26.0. The molecular formula is C47H95N3O6S. The average Bonchev–Trinajstić information content (AvgIpc) is 3.59. The third-order valence-corrected chi connectivity index (χ3v) is 12.5. The van der Waals surface area contributed by atoms with Crippen LogP contribution in [0.1, 0.15) is 246 Å². The fourth-order valence-corrected chi connectivity index (χ4v) is 8.51. The van der Waals surface area contributed by atoms with Crippen LogP contribution < -0.4 is 5.32 Å². The van der Waals surface area contributed by atoms with Crippen molar-refractivity contribution < 1.29 is 31.2 Å². The Labute approximate surface area is 354 Å². The Kier molecular flexibility index (Phi) is 39.3. The van der Waals surface area contributed by atoms with Gasteiger partial charge in [0.2, 0.25) is 22.2 Å². The topological polar surface area (TPSA) is 116 Å². The molecule has 0 radical (unpaired) electrons. The Bertz CT molecular complexity index is 1010. The van der Waals surface area contributed by atoms with Crippen LogP contribution in [0.3, 0.4) is 0 Å². The molecule has 2 amide bonds. The fourth-order valence-electron chi connectivity index (χ4n) is 8.22. The van der Waals surface area contributed by atoms with Crippen molar-refractivity contribution in [3.63, 3.8) is 0 Å². The normalized spacial score (nSPS) is 14.1. The Morgan fingerprint density at radius 3 is 1.33 bits per heavy atom. The van der Waals surface area contributed by atoms with Gasteiger partial charge in [-0.15, -0.1) is 0 Å². The molecule has 1 fully saturated rings. The minimum Gasteiger partial charge on any atom is -0.726 e. The van der Waals surface area contributed by atoms with Gasteiger partial charge in [0, 0.05) is 25.9 Å². The molecule has 0 aromatic carbocycles. The third-order valence-electron chi connectivity index (χ3n) is 11.9. The van der Waals surface area contributed by atoms with Gasteiger partial charge in [0.1, 0.15) is 0 Å². The van der Waals surface area contributed by atoms with E-state index in [9.17, 15) is 22.6 Å². The minimum absolute atomic E-state index is 0.0914.